The highest BCUT2D eigenvalue weighted by Gasteiger charge is 2.45. The second kappa shape index (κ2) is 6.60. The maximum atomic E-state index is 14.5. The lowest BCUT2D eigenvalue weighted by atomic mass is 10.0. The number of alkyl halides is 2. The van der Waals surface area contributed by atoms with Crippen LogP contribution in [0.5, 0.6) is 5.75 Å². The quantitative estimate of drug-likeness (QED) is 0.783. The van der Waals surface area contributed by atoms with Crippen LogP contribution in [0, 0.1) is 4.78 Å². The molecule has 0 radical (unpaired) electrons. The van der Waals surface area contributed by atoms with E-state index in [1.54, 1.807) is 24.0 Å². The summed E-state index contributed by atoms with van der Waals surface area (Å²) in [6.07, 6.45) is 0.496. The molecule has 29 heavy (non-hydrogen) atoms. The van der Waals surface area contributed by atoms with Crippen LogP contribution in [0.25, 0.3) is 11.3 Å². The number of methoxy groups -OCH3 is 1. The summed E-state index contributed by atoms with van der Waals surface area (Å²) in [6, 6.07) is 4.47. The third kappa shape index (κ3) is 3.24. The molecule has 0 amide bonds. The second-order valence-electron chi connectivity index (χ2n) is 7.57. The van der Waals surface area contributed by atoms with Crippen molar-refractivity contribution in [3.63, 3.8) is 0 Å². The van der Waals surface area contributed by atoms with Crippen molar-refractivity contribution in [1.29, 1.82) is 4.78 Å². The highest BCUT2D eigenvalue weighted by molar-refractivity contribution is 7.91. The summed E-state index contributed by atoms with van der Waals surface area (Å²) in [6.45, 7) is 2.05. The highest BCUT2D eigenvalue weighted by Crippen LogP contribution is 2.45. The molecule has 1 aromatic carbocycles. The number of nitrogens with zero attached hydrogens (tertiary/aromatic N) is 3. The Bertz CT molecular complexity index is 1090. The van der Waals surface area contributed by atoms with E-state index in [-0.39, 0.29) is 42.0 Å². The van der Waals surface area contributed by atoms with Gasteiger partial charge in [0.15, 0.2) is 0 Å². The molecule has 156 valence electrons. The zero-order chi connectivity index (χ0) is 21.1. The summed E-state index contributed by atoms with van der Waals surface area (Å²) in [7, 11) is -1.69. The molecule has 1 aliphatic heterocycles. The number of fused-ring (bicyclic) bond motifs is 1. The lowest BCUT2D eigenvalue weighted by Gasteiger charge is -2.43. The molecule has 7 nitrogen and oxygen atoms in total. The van der Waals surface area contributed by atoms with Crippen LogP contribution < -0.4 is 9.64 Å². The van der Waals surface area contributed by atoms with Gasteiger partial charge < -0.3 is 14.7 Å². The molecular formula is C19H22F2N4O3S. The van der Waals surface area contributed by atoms with Gasteiger partial charge in [-0.3, -0.25) is 0 Å². The number of ether oxygens (including phenoxy) is 1. The maximum absolute atomic E-state index is 14.5. The van der Waals surface area contributed by atoms with Crippen LogP contribution in [0.15, 0.2) is 23.1 Å². The molecule has 4 rings (SSSR count). The Kier molecular flexibility index (Phi) is 4.54. The molecule has 1 fully saturated rings. The van der Waals surface area contributed by atoms with Crippen LogP contribution in [0.2, 0.25) is 0 Å². The van der Waals surface area contributed by atoms with Crippen LogP contribution in [0.3, 0.4) is 0 Å². The number of aromatic nitrogens is 2. The molecule has 1 aliphatic carbocycles. The van der Waals surface area contributed by atoms with E-state index in [1.165, 1.54) is 19.4 Å². The fraction of sp³-hybridized carbons (Fsp3) is 0.474. The zero-order valence-corrected chi connectivity index (χ0v) is 17.1. The SMILES string of the molecule is COc1ccc(-c2nc(N3C[C@@H](O)[C@@H]3C)nc3c2CCC3(F)F)cc1[S@@](C)(=N)=O. The Morgan fingerprint density at radius 1 is 1.38 bits per heavy atom. The van der Waals surface area contributed by atoms with Crippen molar-refractivity contribution in [2.75, 3.05) is 24.8 Å². The number of aliphatic hydroxyl groups excluding tert-OH is 1. The van der Waals surface area contributed by atoms with E-state index in [1.807, 2.05) is 0 Å². The molecule has 3 atom stereocenters. The normalized spacial score (nSPS) is 24.6. The van der Waals surface area contributed by atoms with Crippen molar-refractivity contribution in [2.45, 2.75) is 42.7 Å². The number of hydrogen-bond donors (Lipinski definition) is 2. The lowest BCUT2D eigenvalue weighted by Crippen LogP contribution is -2.59. The topological polar surface area (TPSA) is 99.4 Å². The first-order valence-electron chi connectivity index (χ1n) is 9.19. The third-order valence-electron chi connectivity index (χ3n) is 5.58. The van der Waals surface area contributed by atoms with Gasteiger partial charge >= 0.3 is 0 Å². The van der Waals surface area contributed by atoms with Crippen molar-refractivity contribution in [3.05, 3.63) is 29.5 Å². The van der Waals surface area contributed by atoms with Gasteiger partial charge in [-0.25, -0.2) is 19.0 Å². The first kappa shape index (κ1) is 20.0. The van der Waals surface area contributed by atoms with E-state index in [4.69, 9.17) is 9.52 Å². The summed E-state index contributed by atoms with van der Waals surface area (Å²) in [5.74, 6) is -2.62. The van der Waals surface area contributed by atoms with Crippen LogP contribution in [-0.2, 0) is 22.1 Å². The summed E-state index contributed by atoms with van der Waals surface area (Å²) in [5, 5.41) is 9.80. The van der Waals surface area contributed by atoms with E-state index < -0.39 is 21.8 Å². The fourth-order valence-electron chi connectivity index (χ4n) is 3.76. The van der Waals surface area contributed by atoms with E-state index >= 15 is 0 Å². The van der Waals surface area contributed by atoms with Gasteiger partial charge in [0.1, 0.15) is 11.4 Å². The van der Waals surface area contributed by atoms with Crippen LogP contribution in [0.4, 0.5) is 14.7 Å². The maximum Gasteiger partial charge on any atom is 0.290 e. The number of benzene rings is 1. The van der Waals surface area contributed by atoms with Gasteiger partial charge in [-0.15, -0.1) is 0 Å². The van der Waals surface area contributed by atoms with Crippen molar-refractivity contribution < 1.29 is 22.8 Å². The smallest absolute Gasteiger partial charge is 0.290 e. The number of anilines is 1. The van der Waals surface area contributed by atoms with Gasteiger partial charge in [-0.2, -0.15) is 8.78 Å². The summed E-state index contributed by atoms with van der Waals surface area (Å²) in [5.41, 5.74) is 0.875. The number of aliphatic hydroxyl groups is 1. The zero-order valence-electron chi connectivity index (χ0n) is 16.3. The number of β-amino-alcohol motifs (C(OH)–C–C–N with tert-alkyl or cyclic N) is 1. The molecule has 2 aliphatic rings. The molecule has 1 aromatic heterocycles. The predicted molar refractivity (Wildman–Crippen MR) is 104 cm³/mol. The van der Waals surface area contributed by atoms with E-state index in [9.17, 15) is 18.1 Å². The van der Waals surface area contributed by atoms with E-state index in [0.29, 0.717) is 22.6 Å². The fourth-order valence-corrected chi connectivity index (χ4v) is 4.65. The Morgan fingerprint density at radius 2 is 2.10 bits per heavy atom. The highest BCUT2D eigenvalue weighted by atomic mass is 32.2. The number of nitrogens with one attached hydrogen (secondary N) is 1. The molecule has 0 unspecified atom stereocenters. The number of halogens is 2. The summed E-state index contributed by atoms with van der Waals surface area (Å²) >= 11 is 0. The molecule has 0 bridgehead atoms. The Labute approximate surface area is 167 Å². The van der Waals surface area contributed by atoms with Crippen LogP contribution >= 0.6 is 0 Å². The second-order valence-corrected chi connectivity index (χ2v) is 9.70. The van der Waals surface area contributed by atoms with Crippen LogP contribution in [0.1, 0.15) is 24.6 Å². The molecule has 0 spiro atoms. The van der Waals surface area contributed by atoms with Gasteiger partial charge in [0.25, 0.3) is 5.92 Å². The average molecular weight is 424 g/mol. The molecule has 2 aromatic rings. The van der Waals surface area contributed by atoms with Crippen molar-refractivity contribution in [2.24, 2.45) is 0 Å². The van der Waals surface area contributed by atoms with Gasteiger partial charge in [0.05, 0.1) is 39.6 Å². The van der Waals surface area contributed by atoms with Gasteiger partial charge in [-0.1, -0.05) is 0 Å². The summed E-state index contributed by atoms with van der Waals surface area (Å²) < 4.78 is 54.6. The average Bonchev–Trinajstić information content (AvgIpc) is 2.98. The van der Waals surface area contributed by atoms with E-state index in [2.05, 4.69) is 9.97 Å². The standard InChI is InChI=1S/C19H22F2N4O3S/c1-10-13(26)9-25(10)18-23-16(12-6-7-19(20,21)17(12)24-18)11-4-5-14(28-2)15(8-11)29(3,22)27/h4-5,8,10,13,22,26H,6-7,9H2,1-3H3/t10-,13+,29-/m0/s1. The van der Waals surface area contributed by atoms with Crippen molar-refractivity contribution in [3.8, 4) is 17.0 Å². The molecule has 2 heterocycles. The molecule has 1 saturated heterocycles. The minimum atomic E-state index is -3.11. The minimum absolute atomic E-state index is 0.125. The number of hydrogen-bond acceptors (Lipinski definition) is 7. The van der Waals surface area contributed by atoms with Gasteiger partial charge in [-0.05, 0) is 31.5 Å². The van der Waals surface area contributed by atoms with Crippen molar-refractivity contribution >= 4 is 15.7 Å². The Morgan fingerprint density at radius 3 is 2.69 bits per heavy atom. The first-order valence-corrected chi connectivity index (χ1v) is 11.2. The van der Waals surface area contributed by atoms with Gasteiger partial charge in [0.2, 0.25) is 5.95 Å². The number of rotatable bonds is 4. The minimum Gasteiger partial charge on any atom is -0.495 e. The van der Waals surface area contributed by atoms with Crippen LogP contribution in [-0.4, -0.2) is 51.3 Å². The Balaban J connectivity index is 1.91. The molecule has 10 heteroatoms. The summed E-state index contributed by atoms with van der Waals surface area (Å²) in [4.78, 5) is 10.5. The first-order chi connectivity index (χ1) is 13.5. The molecular weight excluding hydrogens is 402 g/mol. The largest absolute Gasteiger partial charge is 0.495 e. The Hall–Kier alpha value is -2.33. The van der Waals surface area contributed by atoms with E-state index in [0.717, 1.165) is 0 Å². The third-order valence-corrected chi connectivity index (χ3v) is 6.73. The van der Waals surface area contributed by atoms with Crippen molar-refractivity contribution in [1.82, 2.24) is 9.97 Å². The van der Waals surface area contributed by atoms with Gasteiger partial charge in [0, 0.05) is 30.3 Å². The molecule has 0 saturated carbocycles. The lowest BCUT2D eigenvalue weighted by molar-refractivity contribution is -0.00603. The predicted octanol–water partition coefficient (Wildman–Crippen LogP) is 2.80. The molecule has 2 N–H and O–H groups in total. The monoisotopic (exact) mass is 424 g/mol.